The molecule has 0 aliphatic carbocycles. The molecule has 4 rings (SSSR count). The highest BCUT2D eigenvalue weighted by Gasteiger charge is 2.19. The summed E-state index contributed by atoms with van der Waals surface area (Å²) >= 11 is 6.45. The molecule has 3 aromatic heterocycles. The second-order valence-electron chi connectivity index (χ2n) is 7.01. The predicted molar refractivity (Wildman–Crippen MR) is 123 cm³/mol. The first kappa shape index (κ1) is 22.8. The van der Waals surface area contributed by atoms with Crippen LogP contribution in [0.1, 0.15) is 19.4 Å². The lowest BCUT2D eigenvalue weighted by Crippen LogP contribution is -2.17. The Hall–Kier alpha value is -3.37. The fraction of sp³-hybridized carbons (Fsp3) is 0.227. The zero-order chi connectivity index (χ0) is 23.7. The van der Waals surface area contributed by atoms with Gasteiger partial charge in [-0.1, -0.05) is 17.9 Å². The van der Waals surface area contributed by atoms with Crippen molar-refractivity contribution in [3.63, 3.8) is 0 Å². The number of carbonyl (C=O) groups is 1. The summed E-state index contributed by atoms with van der Waals surface area (Å²) in [7, 11) is 0. The highest BCUT2D eigenvalue weighted by atomic mass is 35.5. The number of benzene rings is 1. The first-order chi connectivity index (χ1) is 15.7. The molecule has 3 heterocycles. The van der Waals surface area contributed by atoms with Crippen LogP contribution in [-0.2, 0) is 4.74 Å². The molecule has 4 aromatic rings. The van der Waals surface area contributed by atoms with Gasteiger partial charge in [-0.05, 0) is 38.5 Å². The summed E-state index contributed by atoms with van der Waals surface area (Å²) in [6.07, 6.45) is 0.671. The van der Waals surface area contributed by atoms with Gasteiger partial charge in [0, 0.05) is 23.2 Å². The molecule has 0 bridgehead atoms. The van der Waals surface area contributed by atoms with Crippen molar-refractivity contribution in [2.45, 2.75) is 26.9 Å². The van der Waals surface area contributed by atoms with E-state index in [1.165, 1.54) is 24.3 Å². The molecule has 11 heteroatoms. The third-order valence-electron chi connectivity index (χ3n) is 4.55. The van der Waals surface area contributed by atoms with Crippen molar-refractivity contribution in [3.05, 3.63) is 48.1 Å². The molecular weight excluding hydrogens is 471 g/mol. The van der Waals surface area contributed by atoms with Crippen LogP contribution >= 0.6 is 22.9 Å². The zero-order valence-corrected chi connectivity index (χ0v) is 19.5. The second kappa shape index (κ2) is 9.24. The third-order valence-corrected chi connectivity index (χ3v) is 5.63. The van der Waals surface area contributed by atoms with Crippen molar-refractivity contribution >= 4 is 49.7 Å². The smallest absolute Gasteiger partial charge is 0.404 e. The molecule has 0 fully saturated rings. The maximum absolute atomic E-state index is 14.6. The Labute approximate surface area is 197 Å². The second-order valence-corrected chi connectivity index (χ2v) is 8.29. The van der Waals surface area contributed by atoms with Crippen LogP contribution in [0.5, 0.6) is 11.8 Å². The normalized spacial score (nSPS) is 12.0. The number of aromatic nitrogens is 4. The quantitative estimate of drug-likeness (QED) is 0.238. The lowest BCUT2D eigenvalue weighted by Gasteiger charge is -2.14. The van der Waals surface area contributed by atoms with Gasteiger partial charge in [0.05, 0.1) is 23.8 Å². The van der Waals surface area contributed by atoms with E-state index < -0.39 is 17.3 Å². The largest absolute Gasteiger partial charge is 0.477 e. The summed E-state index contributed by atoms with van der Waals surface area (Å²) in [6.45, 7) is 9.43. The van der Waals surface area contributed by atoms with Crippen molar-refractivity contribution < 1.29 is 23.4 Å². The SMILES string of the molecule is C=C(Oc1nc2sc(-c3cc(C)cc4nc(OCC)cnc34)nc2cc1F)[C@@H](C)OC(=O)Cl. The van der Waals surface area contributed by atoms with E-state index in [1.54, 1.807) is 6.20 Å². The van der Waals surface area contributed by atoms with E-state index in [0.29, 0.717) is 38.9 Å². The van der Waals surface area contributed by atoms with E-state index >= 15 is 0 Å². The zero-order valence-electron chi connectivity index (χ0n) is 17.9. The average Bonchev–Trinajstić information content (AvgIpc) is 3.15. The lowest BCUT2D eigenvalue weighted by molar-refractivity contribution is 0.125. The van der Waals surface area contributed by atoms with Gasteiger partial charge >= 0.3 is 5.43 Å². The predicted octanol–water partition coefficient (Wildman–Crippen LogP) is 5.80. The Morgan fingerprint density at radius 3 is 2.76 bits per heavy atom. The van der Waals surface area contributed by atoms with E-state index in [2.05, 4.69) is 26.5 Å². The Morgan fingerprint density at radius 2 is 2.03 bits per heavy atom. The highest BCUT2D eigenvalue weighted by Crippen LogP contribution is 2.35. The van der Waals surface area contributed by atoms with E-state index in [1.807, 2.05) is 26.0 Å². The molecule has 0 saturated heterocycles. The molecule has 0 aliphatic rings. The van der Waals surface area contributed by atoms with Gasteiger partial charge in [-0.25, -0.2) is 24.1 Å². The molecule has 0 unspecified atom stereocenters. The van der Waals surface area contributed by atoms with Crippen molar-refractivity contribution in [1.82, 2.24) is 19.9 Å². The van der Waals surface area contributed by atoms with Gasteiger partial charge in [-0.2, -0.15) is 4.98 Å². The van der Waals surface area contributed by atoms with Crippen molar-refractivity contribution in [3.8, 4) is 22.3 Å². The van der Waals surface area contributed by atoms with E-state index in [9.17, 15) is 9.18 Å². The van der Waals surface area contributed by atoms with Crippen LogP contribution in [0, 0.1) is 12.7 Å². The minimum Gasteiger partial charge on any atom is -0.477 e. The minimum atomic E-state index is -1.02. The Balaban J connectivity index is 1.72. The number of fused-ring (bicyclic) bond motifs is 2. The van der Waals surface area contributed by atoms with E-state index in [-0.39, 0.29) is 11.6 Å². The molecule has 1 atom stereocenters. The Bertz CT molecular complexity index is 1390. The van der Waals surface area contributed by atoms with Crippen molar-refractivity contribution in [1.29, 1.82) is 0 Å². The number of rotatable bonds is 7. The summed E-state index contributed by atoms with van der Waals surface area (Å²) < 4.78 is 30.2. The van der Waals surface area contributed by atoms with Crippen molar-refractivity contribution in [2.24, 2.45) is 0 Å². The van der Waals surface area contributed by atoms with Crippen LogP contribution in [0.3, 0.4) is 0 Å². The van der Waals surface area contributed by atoms with Gasteiger partial charge in [0.15, 0.2) is 11.9 Å². The molecule has 0 N–H and O–H groups in total. The number of aryl methyl sites for hydroxylation is 1. The number of hydrogen-bond acceptors (Lipinski definition) is 9. The molecule has 170 valence electrons. The van der Waals surface area contributed by atoms with Crippen LogP contribution in [0.2, 0.25) is 0 Å². The molecule has 33 heavy (non-hydrogen) atoms. The summed E-state index contributed by atoms with van der Waals surface area (Å²) in [5.74, 6) is -0.634. The van der Waals surface area contributed by atoms with Crippen LogP contribution in [0.4, 0.5) is 9.18 Å². The number of carbonyl (C=O) groups excluding carboxylic acids is 1. The molecular formula is C22H18ClFN4O4S. The molecule has 0 radical (unpaired) electrons. The summed E-state index contributed by atoms with van der Waals surface area (Å²) in [4.78, 5) is 29.1. The Morgan fingerprint density at radius 1 is 1.24 bits per heavy atom. The van der Waals surface area contributed by atoms with E-state index in [4.69, 9.17) is 25.8 Å². The fourth-order valence-electron chi connectivity index (χ4n) is 3.05. The van der Waals surface area contributed by atoms with Gasteiger partial charge < -0.3 is 14.2 Å². The molecule has 0 spiro atoms. The lowest BCUT2D eigenvalue weighted by atomic mass is 10.1. The summed E-state index contributed by atoms with van der Waals surface area (Å²) in [5.41, 5.74) is 2.35. The fourth-order valence-corrected chi connectivity index (χ4v) is 4.12. The van der Waals surface area contributed by atoms with Gasteiger partial charge in [0.25, 0.3) is 5.88 Å². The highest BCUT2D eigenvalue weighted by molar-refractivity contribution is 7.21. The maximum Gasteiger partial charge on any atom is 0.404 e. The molecule has 8 nitrogen and oxygen atoms in total. The average molecular weight is 489 g/mol. The third kappa shape index (κ3) is 4.86. The van der Waals surface area contributed by atoms with Gasteiger partial charge in [0.2, 0.25) is 5.88 Å². The number of ether oxygens (including phenoxy) is 3. The van der Waals surface area contributed by atoms with E-state index in [0.717, 1.165) is 11.1 Å². The molecule has 0 saturated carbocycles. The van der Waals surface area contributed by atoms with Crippen LogP contribution < -0.4 is 9.47 Å². The molecule has 1 aromatic carbocycles. The number of halogens is 2. The molecule has 0 aliphatic heterocycles. The minimum absolute atomic E-state index is 0.0236. The number of hydrogen-bond donors (Lipinski definition) is 0. The first-order valence-electron chi connectivity index (χ1n) is 9.85. The van der Waals surface area contributed by atoms with Gasteiger partial charge in [0.1, 0.15) is 21.1 Å². The number of nitrogens with zero attached hydrogens (tertiary/aromatic N) is 4. The van der Waals surface area contributed by atoms with Crippen LogP contribution in [0.15, 0.2) is 36.7 Å². The summed E-state index contributed by atoms with van der Waals surface area (Å²) in [5, 5.41) is 0.601. The number of thiazole rings is 1. The topological polar surface area (TPSA) is 96.3 Å². The van der Waals surface area contributed by atoms with Gasteiger partial charge in [-0.15, -0.1) is 0 Å². The van der Waals surface area contributed by atoms with Crippen LogP contribution in [0.25, 0.3) is 32.0 Å². The van der Waals surface area contributed by atoms with Gasteiger partial charge in [-0.3, -0.25) is 0 Å². The first-order valence-corrected chi connectivity index (χ1v) is 11.0. The van der Waals surface area contributed by atoms with Crippen molar-refractivity contribution in [2.75, 3.05) is 6.61 Å². The molecule has 0 amide bonds. The monoisotopic (exact) mass is 488 g/mol. The standard InChI is InChI=1S/C22H18ClFN4O4S/c1-5-30-17-9-25-18-13(6-10(2)7-15(18)26-17)20-27-16-8-14(24)19(28-21(16)33-20)31-11(3)12(4)32-22(23)29/h6-9,12H,3,5H2,1-2,4H3/t12-/m1/s1. The Kier molecular flexibility index (Phi) is 6.39. The van der Waals surface area contributed by atoms with Crippen LogP contribution in [-0.4, -0.2) is 38.1 Å². The summed E-state index contributed by atoms with van der Waals surface area (Å²) in [6, 6.07) is 5.07. The maximum atomic E-state index is 14.6. The number of pyridine rings is 1.